The van der Waals surface area contributed by atoms with Gasteiger partial charge in [0.05, 0.1) is 22.4 Å². The molecule has 1 heterocycles. The van der Waals surface area contributed by atoms with Gasteiger partial charge < -0.3 is 9.84 Å². The van der Waals surface area contributed by atoms with Crippen molar-refractivity contribution in [2.45, 2.75) is 6.10 Å². The maximum absolute atomic E-state index is 12.0. The Morgan fingerprint density at radius 3 is 2.65 bits per heavy atom. The number of carbonyl (C=O) groups is 1. The Hall–Kier alpha value is -1.35. The van der Waals surface area contributed by atoms with Crippen LogP contribution in [0.3, 0.4) is 0 Å². The molecule has 0 aliphatic carbocycles. The van der Waals surface area contributed by atoms with Crippen LogP contribution in [0.4, 0.5) is 5.69 Å². The second-order valence-corrected chi connectivity index (χ2v) is 6.36. The number of anilines is 1. The first-order valence-corrected chi connectivity index (χ1v) is 7.49. The van der Waals surface area contributed by atoms with E-state index in [0.29, 0.717) is 0 Å². The summed E-state index contributed by atoms with van der Waals surface area (Å²) < 4.78 is 32.5. The summed E-state index contributed by atoms with van der Waals surface area (Å²) in [6.45, 7) is 0.569. The highest BCUT2D eigenvalue weighted by Crippen LogP contribution is 2.23. The number of rotatable bonds is 5. The van der Waals surface area contributed by atoms with Gasteiger partial charge in [0, 0.05) is 20.2 Å². The first-order valence-electron chi connectivity index (χ1n) is 5.67. The molecule has 1 aliphatic heterocycles. The molecule has 1 aromatic rings. The Labute approximate surface area is 121 Å². The summed E-state index contributed by atoms with van der Waals surface area (Å²) >= 11 is 5.78. The Kier molecular flexibility index (Phi) is 4.19. The minimum absolute atomic E-state index is 0.0314. The number of nitrogens with one attached hydrogen (secondary N) is 1. The molecule has 110 valence electrons. The SMILES string of the molecule is COC1CN(S(=O)(=O)Nc2ccc(C(=O)O)c(Cl)c2)C1. The summed E-state index contributed by atoms with van der Waals surface area (Å²) in [7, 11) is -2.15. The number of hydrogen-bond acceptors (Lipinski definition) is 4. The smallest absolute Gasteiger partial charge is 0.337 e. The third kappa shape index (κ3) is 3.04. The monoisotopic (exact) mass is 320 g/mol. The zero-order valence-corrected chi connectivity index (χ0v) is 12.1. The minimum Gasteiger partial charge on any atom is -0.478 e. The van der Waals surface area contributed by atoms with Gasteiger partial charge in [-0.15, -0.1) is 0 Å². The molecule has 0 radical (unpaired) electrons. The van der Waals surface area contributed by atoms with Gasteiger partial charge in [0.25, 0.3) is 0 Å². The average Bonchev–Trinajstić information content (AvgIpc) is 2.25. The van der Waals surface area contributed by atoms with E-state index in [1.54, 1.807) is 0 Å². The zero-order chi connectivity index (χ0) is 14.9. The Morgan fingerprint density at radius 1 is 1.50 bits per heavy atom. The molecule has 0 saturated carbocycles. The van der Waals surface area contributed by atoms with E-state index in [1.807, 2.05) is 0 Å². The lowest BCUT2D eigenvalue weighted by atomic mass is 10.2. The molecule has 1 aliphatic rings. The van der Waals surface area contributed by atoms with E-state index in [-0.39, 0.29) is 35.5 Å². The summed E-state index contributed by atoms with van der Waals surface area (Å²) in [6, 6.07) is 3.85. The van der Waals surface area contributed by atoms with Crippen LogP contribution in [0, 0.1) is 0 Å². The Morgan fingerprint density at radius 2 is 2.15 bits per heavy atom. The normalized spacial score (nSPS) is 16.7. The second kappa shape index (κ2) is 5.57. The number of carboxylic acid groups (broad SMARTS) is 1. The van der Waals surface area contributed by atoms with Crippen LogP contribution in [0.15, 0.2) is 18.2 Å². The van der Waals surface area contributed by atoms with Crippen molar-refractivity contribution in [2.24, 2.45) is 0 Å². The van der Waals surface area contributed by atoms with Gasteiger partial charge in [0.2, 0.25) is 0 Å². The van der Waals surface area contributed by atoms with Crippen molar-refractivity contribution in [2.75, 3.05) is 24.9 Å². The molecule has 1 aromatic carbocycles. The first-order chi connectivity index (χ1) is 9.33. The van der Waals surface area contributed by atoms with Gasteiger partial charge in [0.1, 0.15) is 0 Å². The van der Waals surface area contributed by atoms with Crippen molar-refractivity contribution in [1.82, 2.24) is 4.31 Å². The molecular weight excluding hydrogens is 308 g/mol. The van der Waals surface area contributed by atoms with E-state index in [1.165, 1.54) is 29.6 Å². The summed E-state index contributed by atoms with van der Waals surface area (Å²) in [5.74, 6) is -1.17. The number of halogens is 1. The van der Waals surface area contributed by atoms with E-state index in [0.717, 1.165) is 0 Å². The lowest BCUT2D eigenvalue weighted by Gasteiger charge is -2.36. The van der Waals surface area contributed by atoms with E-state index >= 15 is 0 Å². The summed E-state index contributed by atoms with van der Waals surface area (Å²) in [4.78, 5) is 10.8. The quantitative estimate of drug-likeness (QED) is 0.844. The molecule has 0 aromatic heterocycles. The summed E-state index contributed by atoms with van der Waals surface area (Å²) in [5, 5.41) is 8.80. The fourth-order valence-electron chi connectivity index (χ4n) is 1.71. The third-order valence-electron chi connectivity index (χ3n) is 2.93. The number of aromatic carboxylic acids is 1. The Bertz CT molecular complexity index is 628. The van der Waals surface area contributed by atoms with Gasteiger partial charge in [-0.1, -0.05) is 11.6 Å². The number of hydrogen-bond donors (Lipinski definition) is 2. The van der Waals surface area contributed by atoms with Crippen LogP contribution < -0.4 is 4.72 Å². The molecule has 0 atom stereocenters. The predicted molar refractivity (Wildman–Crippen MR) is 73.3 cm³/mol. The largest absolute Gasteiger partial charge is 0.478 e. The van der Waals surface area contributed by atoms with E-state index < -0.39 is 16.2 Å². The van der Waals surface area contributed by atoms with Gasteiger partial charge in [-0.25, -0.2) is 4.79 Å². The number of nitrogens with zero attached hydrogens (tertiary/aromatic N) is 1. The van der Waals surface area contributed by atoms with Crippen molar-refractivity contribution in [3.63, 3.8) is 0 Å². The van der Waals surface area contributed by atoms with E-state index in [9.17, 15) is 13.2 Å². The average molecular weight is 321 g/mol. The first kappa shape index (κ1) is 15.0. The lowest BCUT2D eigenvalue weighted by Crippen LogP contribution is -2.55. The fraction of sp³-hybridized carbons (Fsp3) is 0.364. The summed E-state index contributed by atoms with van der Waals surface area (Å²) in [6.07, 6.45) is -0.0930. The van der Waals surface area contributed by atoms with Crippen LogP contribution in [-0.4, -0.2) is 50.1 Å². The van der Waals surface area contributed by atoms with E-state index in [4.69, 9.17) is 21.4 Å². The molecule has 0 bridgehead atoms. The second-order valence-electron chi connectivity index (χ2n) is 4.28. The number of ether oxygens (including phenoxy) is 1. The van der Waals surface area contributed by atoms with Gasteiger partial charge in [-0.2, -0.15) is 12.7 Å². The third-order valence-corrected chi connectivity index (χ3v) is 4.72. The van der Waals surface area contributed by atoms with Crippen LogP contribution in [0.2, 0.25) is 5.02 Å². The molecule has 2 rings (SSSR count). The standard InChI is InChI=1S/C11H13ClN2O5S/c1-19-8-5-14(6-8)20(17,18)13-7-2-3-9(11(15)16)10(12)4-7/h2-4,8,13H,5-6H2,1H3,(H,15,16). The lowest BCUT2D eigenvalue weighted by molar-refractivity contribution is 0.0128. The van der Waals surface area contributed by atoms with Crippen molar-refractivity contribution in [3.8, 4) is 0 Å². The molecule has 20 heavy (non-hydrogen) atoms. The molecular formula is C11H13ClN2O5S. The van der Waals surface area contributed by atoms with Crippen LogP contribution >= 0.6 is 11.6 Å². The van der Waals surface area contributed by atoms with Gasteiger partial charge in [-0.3, -0.25) is 4.72 Å². The van der Waals surface area contributed by atoms with Crippen LogP contribution in [0.5, 0.6) is 0 Å². The van der Waals surface area contributed by atoms with Gasteiger partial charge in [0.15, 0.2) is 0 Å². The van der Waals surface area contributed by atoms with Gasteiger partial charge in [-0.05, 0) is 18.2 Å². The summed E-state index contributed by atoms with van der Waals surface area (Å²) in [5.41, 5.74) is 0.124. The highest BCUT2D eigenvalue weighted by atomic mass is 35.5. The van der Waals surface area contributed by atoms with Crippen molar-refractivity contribution < 1.29 is 23.1 Å². The molecule has 0 spiro atoms. The van der Waals surface area contributed by atoms with Crippen LogP contribution in [0.1, 0.15) is 10.4 Å². The van der Waals surface area contributed by atoms with E-state index in [2.05, 4.69) is 4.72 Å². The Balaban J connectivity index is 2.10. The van der Waals surface area contributed by atoms with Crippen LogP contribution in [-0.2, 0) is 14.9 Å². The molecule has 2 N–H and O–H groups in total. The number of carboxylic acids is 1. The highest BCUT2D eigenvalue weighted by molar-refractivity contribution is 7.90. The fourth-order valence-corrected chi connectivity index (χ4v) is 3.25. The van der Waals surface area contributed by atoms with Crippen molar-refractivity contribution >= 4 is 33.5 Å². The molecule has 1 fully saturated rings. The molecule has 9 heteroatoms. The maximum atomic E-state index is 12.0. The zero-order valence-electron chi connectivity index (χ0n) is 10.5. The van der Waals surface area contributed by atoms with Crippen molar-refractivity contribution in [3.05, 3.63) is 28.8 Å². The topological polar surface area (TPSA) is 95.9 Å². The molecule has 0 amide bonds. The number of benzene rings is 1. The van der Waals surface area contributed by atoms with Crippen LogP contribution in [0.25, 0.3) is 0 Å². The minimum atomic E-state index is -3.67. The molecule has 7 nitrogen and oxygen atoms in total. The van der Waals surface area contributed by atoms with Crippen molar-refractivity contribution in [1.29, 1.82) is 0 Å². The molecule has 1 saturated heterocycles. The van der Waals surface area contributed by atoms with Gasteiger partial charge >= 0.3 is 16.2 Å². The number of methoxy groups -OCH3 is 1. The maximum Gasteiger partial charge on any atom is 0.337 e. The highest BCUT2D eigenvalue weighted by Gasteiger charge is 2.35. The predicted octanol–water partition coefficient (Wildman–Crippen LogP) is 1.03. The molecule has 0 unspecified atom stereocenters.